The molecular weight excluding hydrogens is 843 g/mol. The minimum absolute atomic E-state index is 0.590. The second-order valence-corrected chi connectivity index (χ2v) is 17.6. The maximum Gasteiger partial charge on any atom is 0.164 e. The highest BCUT2D eigenvalue weighted by Gasteiger charge is 2.22. The molecule has 0 radical (unpaired) electrons. The average molecular weight is 882 g/mol. The van der Waals surface area contributed by atoms with Gasteiger partial charge in [-0.25, -0.2) is 15.0 Å². The van der Waals surface area contributed by atoms with Gasteiger partial charge in [-0.05, 0) is 76.9 Å². The molecular formula is C63H39N5O. The molecule has 14 aromatic rings. The van der Waals surface area contributed by atoms with Crippen LogP contribution in [0.2, 0.25) is 0 Å². The summed E-state index contributed by atoms with van der Waals surface area (Å²) < 4.78 is 11.7. The summed E-state index contributed by atoms with van der Waals surface area (Å²) in [6.07, 6.45) is 0. The van der Waals surface area contributed by atoms with Gasteiger partial charge in [0.2, 0.25) is 0 Å². The number of rotatable bonds is 7. The molecule has 0 N–H and O–H groups in total. The molecule has 0 unspecified atom stereocenters. The molecule has 0 atom stereocenters. The third-order valence-corrected chi connectivity index (χ3v) is 13.6. The lowest BCUT2D eigenvalue weighted by atomic mass is 10.0. The number of hydrogen-bond donors (Lipinski definition) is 0. The van der Waals surface area contributed by atoms with Crippen molar-refractivity contribution >= 4 is 65.6 Å². The Kier molecular flexibility index (Phi) is 8.79. The Bertz CT molecular complexity index is 4110. The van der Waals surface area contributed by atoms with Crippen LogP contribution in [-0.4, -0.2) is 24.1 Å². The number of hydrogen-bond acceptors (Lipinski definition) is 4. The largest absolute Gasteiger partial charge is 0.454 e. The highest BCUT2D eigenvalue weighted by molar-refractivity contribution is 6.22. The van der Waals surface area contributed by atoms with Crippen LogP contribution in [0.1, 0.15) is 0 Å². The molecule has 0 spiro atoms. The Hall–Kier alpha value is -9.39. The fraction of sp³-hybridized carbons (Fsp3) is 0. The summed E-state index contributed by atoms with van der Waals surface area (Å²) in [5.74, 6) is 1.80. The van der Waals surface area contributed by atoms with Crippen LogP contribution in [0.15, 0.2) is 241 Å². The molecule has 69 heavy (non-hydrogen) atoms. The Morgan fingerprint density at radius 1 is 0.275 bits per heavy atom. The first-order valence-electron chi connectivity index (χ1n) is 23.3. The maximum absolute atomic E-state index is 6.96. The van der Waals surface area contributed by atoms with Gasteiger partial charge in [-0.15, -0.1) is 0 Å². The van der Waals surface area contributed by atoms with Crippen molar-refractivity contribution in [3.05, 3.63) is 237 Å². The van der Waals surface area contributed by atoms with Gasteiger partial charge in [0.05, 0.1) is 22.1 Å². The van der Waals surface area contributed by atoms with E-state index in [0.717, 1.165) is 94.1 Å². The summed E-state index contributed by atoms with van der Waals surface area (Å²) in [4.78, 5) is 15.6. The van der Waals surface area contributed by atoms with E-state index in [1.807, 2.05) is 12.1 Å². The third kappa shape index (κ3) is 6.38. The number of nitrogens with zero attached hydrogens (tertiary/aromatic N) is 5. The molecule has 0 aliphatic rings. The minimum Gasteiger partial charge on any atom is -0.454 e. The monoisotopic (exact) mass is 881 g/mol. The number of para-hydroxylation sites is 3. The van der Waals surface area contributed by atoms with Crippen molar-refractivity contribution in [2.75, 3.05) is 0 Å². The summed E-state index contributed by atoms with van der Waals surface area (Å²) in [5.41, 5.74) is 15.5. The first kappa shape index (κ1) is 38.8. The Labute approximate surface area is 396 Å². The van der Waals surface area contributed by atoms with Gasteiger partial charge < -0.3 is 13.6 Å². The van der Waals surface area contributed by atoms with E-state index in [9.17, 15) is 0 Å². The van der Waals surface area contributed by atoms with Crippen LogP contribution < -0.4 is 0 Å². The zero-order valence-corrected chi connectivity index (χ0v) is 37.2. The summed E-state index contributed by atoms with van der Waals surface area (Å²) in [5, 5.41) is 6.80. The SMILES string of the molecule is c1ccc(-c2ccc(-c3nc(-c4ccc(-c5ccccc5)cc4)nc(-c4ccc5c6ccc7c8cc(-n9c%10ccccc%10c%10ccccc%109)ccc8oc7c6n(-c6ccccc6)c5c4)n3)cc2)cc1. The molecule has 6 nitrogen and oxygen atoms in total. The van der Waals surface area contributed by atoms with E-state index in [2.05, 4.69) is 234 Å². The van der Waals surface area contributed by atoms with Crippen LogP contribution in [-0.2, 0) is 0 Å². The van der Waals surface area contributed by atoms with E-state index in [1.165, 1.54) is 21.8 Å². The van der Waals surface area contributed by atoms with Gasteiger partial charge >= 0.3 is 0 Å². The van der Waals surface area contributed by atoms with Gasteiger partial charge in [0, 0.05) is 60.4 Å². The molecule has 0 bridgehead atoms. The van der Waals surface area contributed by atoms with Gasteiger partial charge in [0.15, 0.2) is 23.1 Å². The average Bonchev–Trinajstić information content (AvgIpc) is 4.09. The molecule has 4 aromatic heterocycles. The van der Waals surface area contributed by atoms with Crippen molar-refractivity contribution in [1.82, 2.24) is 24.1 Å². The molecule has 6 heteroatoms. The second-order valence-electron chi connectivity index (χ2n) is 17.6. The predicted molar refractivity (Wildman–Crippen MR) is 283 cm³/mol. The fourth-order valence-electron chi connectivity index (χ4n) is 10.3. The van der Waals surface area contributed by atoms with Gasteiger partial charge in [-0.2, -0.15) is 0 Å². The number of fused-ring (bicyclic) bond motifs is 10. The standard InChI is InChI=1S/C63H39N5O/c1-4-14-40(15-5-1)42-24-28-44(29-25-42)61-64-62(45-30-26-43(27-31-45)41-16-6-2-7-17-41)66-63(65-61)46-32-34-51-52-35-36-53-54-39-48(67-55-22-12-10-20-49(55)50-21-11-13-23-56(50)67)33-37-58(54)69-60(53)59(52)68(57(51)38-46)47-18-8-3-9-19-47/h1-39H. The minimum atomic E-state index is 0.590. The van der Waals surface area contributed by atoms with E-state index in [-0.39, 0.29) is 0 Å². The molecule has 0 saturated heterocycles. The quantitative estimate of drug-likeness (QED) is 0.160. The number of furan rings is 1. The van der Waals surface area contributed by atoms with Crippen LogP contribution in [0.25, 0.3) is 133 Å². The Morgan fingerprint density at radius 3 is 1.32 bits per heavy atom. The predicted octanol–water partition coefficient (Wildman–Crippen LogP) is 16.3. The Balaban J connectivity index is 0.950. The van der Waals surface area contributed by atoms with E-state index < -0.39 is 0 Å². The normalized spacial score (nSPS) is 11.8. The van der Waals surface area contributed by atoms with Crippen LogP contribution in [0.3, 0.4) is 0 Å². The first-order chi connectivity index (χ1) is 34.2. The number of aromatic nitrogens is 5. The van der Waals surface area contributed by atoms with Crippen molar-refractivity contribution in [2.45, 2.75) is 0 Å². The molecule has 10 aromatic carbocycles. The molecule has 0 saturated carbocycles. The second kappa shape index (κ2) is 15.6. The highest BCUT2D eigenvalue weighted by Crippen LogP contribution is 2.43. The topological polar surface area (TPSA) is 61.7 Å². The van der Waals surface area contributed by atoms with Crippen molar-refractivity contribution in [2.24, 2.45) is 0 Å². The summed E-state index contributed by atoms with van der Waals surface area (Å²) in [6, 6.07) is 83.2. The molecule has 0 aliphatic carbocycles. The van der Waals surface area contributed by atoms with E-state index in [4.69, 9.17) is 19.4 Å². The van der Waals surface area contributed by atoms with E-state index in [0.29, 0.717) is 17.5 Å². The maximum atomic E-state index is 6.96. The van der Waals surface area contributed by atoms with Crippen molar-refractivity contribution < 1.29 is 4.42 Å². The van der Waals surface area contributed by atoms with Crippen molar-refractivity contribution in [1.29, 1.82) is 0 Å². The van der Waals surface area contributed by atoms with Crippen LogP contribution in [0.4, 0.5) is 0 Å². The zero-order valence-electron chi connectivity index (χ0n) is 37.2. The molecule has 322 valence electrons. The smallest absolute Gasteiger partial charge is 0.164 e. The van der Waals surface area contributed by atoms with Gasteiger partial charge in [0.25, 0.3) is 0 Å². The van der Waals surface area contributed by atoms with E-state index in [1.54, 1.807) is 0 Å². The molecule has 0 aliphatic heterocycles. The highest BCUT2D eigenvalue weighted by atomic mass is 16.3. The van der Waals surface area contributed by atoms with Crippen LogP contribution in [0, 0.1) is 0 Å². The first-order valence-corrected chi connectivity index (χ1v) is 23.3. The lowest BCUT2D eigenvalue weighted by molar-refractivity contribution is 0.671. The molecule has 14 rings (SSSR count). The third-order valence-electron chi connectivity index (χ3n) is 13.6. The van der Waals surface area contributed by atoms with Gasteiger partial charge in [-0.3, -0.25) is 0 Å². The zero-order chi connectivity index (χ0) is 45.4. The molecule has 0 fully saturated rings. The van der Waals surface area contributed by atoms with Crippen LogP contribution >= 0.6 is 0 Å². The van der Waals surface area contributed by atoms with Crippen LogP contribution in [0.5, 0.6) is 0 Å². The summed E-state index contributed by atoms with van der Waals surface area (Å²) >= 11 is 0. The van der Waals surface area contributed by atoms with E-state index >= 15 is 0 Å². The molecule has 4 heterocycles. The summed E-state index contributed by atoms with van der Waals surface area (Å²) in [7, 11) is 0. The van der Waals surface area contributed by atoms with Gasteiger partial charge in [0.1, 0.15) is 5.58 Å². The lowest BCUT2D eigenvalue weighted by Gasteiger charge is -2.11. The van der Waals surface area contributed by atoms with Gasteiger partial charge in [-0.1, -0.05) is 182 Å². The van der Waals surface area contributed by atoms with Crippen molar-refractivity contribution in [3.63, 3.8) is 0 Å². The Morgan fingerprint density at radius 2 is 0.725 bits per heavy atom. The van der Waals surface area contributed by atoms with Crippen molar-refractivity contribution in [3.8, 4) is 67.8 Å². The summed E-state index contributed by atoms with van der Waals surface area (Å²) in [6.45, 7) is 0. The lowest BCUT2D eigenvalue weighted by Crippen LogP contribution is -2.00. The fourth-order valence-corrected chi connectivity index (χ4v) is 10.3. The molecule has 0 amide bonds. The number of benzene rings is 10.